The second-order valence-electron chi connectivity index (χ2n) is 5.71. The van der Waals surface area contributed by atoms with E-state index in [9.17, 15) is 18.0 Å². The standard InChI is InChI=1S/C18H16F3NO/c19-18(20,21)16-7-3-4-13(10-16)11-17(23)22-9-8-14-5-1-2-6-15(14)12-22/h1-7,10H,8-9,11-12H2. The van der Waals surface area contributed by atoms with Gasteiger partial charge in [-0.1, -0.05) is 42.5 Å². The maximum atomic E-state index is 12.7. The van der Waals surface area contributed by atoms with Gasteiger partial charge >= 0.3 is 6.18 Å². The summed E-state index contributed by atoms with van der Waals surface area (Å²) in [5.74, 6) is -0.140. The average molecular weight is 319 g/mol. The van der Waals surface area contributed by atoms with Gasteiger partial charge in [-0.05, 0) is 29.2 Å². The van der Waals surface area contributed by atoms with Crippen molar-refractivity contribution in [2.75, 3.05) is 6.54 Å². The third-order valence-corrected chi connectivity index (χ3v) is 4.09. The lowest BCUT2D eigenvalue weighted by atomic mass is 9.99. The van der Waals surface area contributed by atoms with Crippen molar-refractivity contribution in [1.29, 1.82) is 0 Å². The molecule has 2 nitrogen and oxygen atoms in total. The molecule has 23 heavy (non-hydrogen) atoms. The highest BCUT2D eigenvalue weighted by molar-refractivity contribution is 5.79. The lowest BCUT2D eigenvalue weighted by Crippen LogP contribution is -2.36. The van der Waals surface area contributed by atoms with Crippen molar-refractivity contribution in [2.45, 2.75) is 25.6 Å². The zero-order chi connectivity index (χ0) is 16.4. The first-order valence-electron chi connectivity index (χ1n) is 7.44. The number of amides is 1. The molecule has 2 aromatic rings. The SMILES string of the molecule is O=C(Cc1cccc(C(F)(F)F)c1)N1CCc2ccccc2C1. The summed E-state index contributed by atoms with van der Waals surface area (Å²) in [6, 6.07) is 12.9. The molecule has 5 heteroatoms. The minimum atomic E-state index is -4.39. The number of fused-ring (bicyclic) bond motifs is 1. The van der Waals surface area contributed by atoms with E-state index in [1.165, 1.54) is 11.6 Å². The van der Waals surface area contributed by atoms with Crippen LogP contribution in [-0.2, 0) is 30.4 Å². The molecule has 0 bridgehead atoms. The number of carbonyl (C=O) groups excluding carboxylic acids is 1. The highest BCUT2D eigenvalue weighted by Gasteiger charge is 2.30. The molecule has 1 heterocycles. The summed E-state index contributed by atoms with van der Waals surface area (Å²) >= 11 is 0. The van der Waals surface area contributed by atoms with Crippen LogP contribution < -0.4 is 0 Å². The normalized spacial score (nSPS) is 14.5. The van der Waals surface area contributed by atoms with Gasteiger partial charge in [-0.3, -0.25) is 4.79 Å². The Hall–Kier alpha value is -2.30. The van der Waals surface area contributed by atoms with Gasteiger partial charge in [0.1, 0.15) is 0 Å². The van der Waals surface area contributed by atoms with Crippen LogP contribution >= 0.6 is 0 Å². The fourth-order valence-electron chi connectivity index (χ4n) is 2.85. The molecule has 0 fully saturated rings. The van der Waals surface area contributed by atoms with E-state index in [0.29, 0.717) is 18.7 Å². The third kappa shape index (κ3) is 3.55. The lowest BCUT2D eigenvalue weighted by molar-refractivity contribution is -0.138. The van der Waals surface area contributed by atoms with Crippen molar-refractivity contribution >= 4 is 5.91 Å². The molecule has 0 N–H and O–H groups in total. The largest absolute Gasteiger partial charge is 0.416 e. The van der Waals surface area contributed by atoms with E-state index in [4.69, 9.17) is 0 Å². The zero-order valence-electron chi connectivity index (χ0n) is 12.4. The predicted octanol–water partition coefficient (Wildman–Crippen LogP) is 3.83. The van der Waals surface area contributed by atoms with Gasteiger partial charge in [0.2, 0.25) is 5.91 Å². The van der Waals surface area contributed by atoms with Crippen LogP contribution in [0.1, 0.15) is 22.3 Å². The van der Waals surface area contributed by atoms with Crippen molar-refractivity contribution in [2.24, 2.45) is 0 Å². The number of hydrogen-bond donors (Lipinski definition) is 0. The van der Waals surface area contributed by atoms with Gasteiger partial charge in [-0.25, -0.2) is 0 Å². The molecule has 3 rings (SSSR count). The Morgan fingerprint density at radius 2 is 1.78 bits per heavy atom. The van der Waals surface area contributed by atoms with Crippen molar-refractivity contribution in [3.8, 4) is 0 Å². The minimum absolute atomic E-state index is 0.00785. The van der Waals surface area contributed by atoms with E-state index in [2.05, 4.69) is 0 Å². The Balaban J connectivity index is 1.71. The molecule has 1 aliphatic rings. The minimum Gasteiger partial charge on any atom is -0.338 e. The topological polar surface area (TPSA) is 20.3 Å². The van der Waals surface area contributed by atoms with E-state index < -0.39 is 11.7 Å². The fraction of sp³-hybridized carbons (Fsp3) is 0.278. The maximum absolute atomic E-state index is 12.7. The zero-order valence-corrected chi connectivity index (χ0v) is 12.4. The summed E-state index contributed by atoms with van der Waals surface area (Å²) in [4.78, 5) is 14.1. The monoisotopic (exact) mass is 319 g/mol. The number of rotatable bonds is 2. The molecular formula is C18H16F3NO. The molecule has 0 unspecified atom stereocenters. The Bertz CT molecular complexity index is 724. The van der Waals surface area contributed by atoms with Crippen LogP contribution in [0.4, 0.5) is 13.2 Å². The first-order chi connectivity index (χ1) is 10.9. The highest BCUT2D eigenvalue weighted by atomic mass is 19.4. The molecule has 0 saturated carbocycles. The summed E-state index contributed by atoms with van der Waals surface area (Å²) in [7, 11) is 0. The first-order valence-corrected chi connectivity index (χ1v) is 7.44. The number of hydrogen-bond acceptors (Lipinski definition) is 1. The van der Waals surface area contributed by atoms with Crippen LogP contribution in [0.25, 0.3) is 0 Å². The summed E-state index contributed by atoms with van der Waals surface area (Å²) in [5, 5.41) is 0. The Morgan fingerprint density at radius 3 is 2.52 bits per heavy atom. The quantitative estimate of drug-likeness (QED) is 0.824. The van der Waals surface area contributed by atoms with Gasteiger partial charge in [0, 0.05) is 13.1 Å². The van der Waals surface area contributed by atoms with Gasteiger partial charge in [-0.15, -0.1) is 0 Å². The second-order valence-corrected chi connectivity index (χ2v) is 5.71. The molecule has 0 atom stereocenters. The van der Waals surface area contributed by atoms with Crippen LogP contribution in [-0.4, -0.2) is 17.4 Å². The van der Waals surface area contributed by atoms with Crippen LogP contribution in [0.2, 0.25) is 0 Å². The van der Waals surface area contributed by atoms with Crippen LogP contribution in [0.3, 0.4) is 0 Å². The van der Waals surface area contributed by atoms with Crippen LogP contribution in [0.5, 0.6) is 0 Å². The summed E-state index contributed by atoms with van der Waals surface area (Å²) in [6.45, 7) is 1.13. The summed E-state index contributed by atoms with van der Waals surface area (Å²) in [6.07, 6.45) is -3.61. The Morgan fingerprint density at radius 1 is 1.04 bits per heavy atom. The lowest BCUT2D eigenvalue weighted by Gasteiger charge is -2.29. The average Bonchev–Trinajstić information content (AvgIpc) is 2.54. The predicted molar refractivity (Wildman–Crippen MR) is 80.7 cm³/mol. The molecule has 0 saturated heterocycles. The molecule has 0 spiro atoms. The van der Waals surface area contributed by atoms with E-state index in [1.54, 1.807) is 11.0 Å². The highest BCUT2D eigenvalue weighted by Crippen LogP contribution is 2.29. The second kappa shape index (κ2) is 6.07. The van der Waals surface area contributed by atoms with Gasteiger partial charge in [0.15, 0.2) is 0 Å². The molecule has 1 amide bonds. The summed E-state index contributed by atoms with van der Waals surface area (Å²) < 4.78 is 38.2. The molecular weight excluding hydrogens is 303 g/mol. The fourth-order valence-corrected chi connectivity index (χ4v) is 2.85. The molecule has 120 valence electrons. The van der Waals surface area contributed by atoms with Crippen molar-refractivity contribution < 1.29 is 18.0 Å². The van der Waals surface area contributed by atoms with Crippen LogP contribution in [0, 0.1) is 0 Å². The smallest absolute Gasteiger partial charge is 0.338 e. The Labute approximate surface area is 132 Å². The van der Waals surface area contributed by atoms with Gasteiger partial charge in [0.05, 0.1) is 12.0 Å². The van der Waals surface area contributed by atoms with E-state index >= 15 is 0 Å². The van der Waals surface area contributed by atoms with E-state index in [1.807, 2.05) is 24.3 Å². The van der Waals surface area contributed by atoms with Gasteiger partial charge in [-0.2, -0.15) is 13.2 Å². The van der Waals surface area contributed by atoms with Crippen molar-refractivity contribution in [3.05, 3.63) is 70.8 Å². The Kier molecular flexibility index (Phi) is 4.11. The molecule has 0 aromatic heterocycles. The maximum Gasteiger partial charge on any atom is 0.416 e. The first kappa shape index (κ1) is 15.6. The number of benzene rings is 2. The third-order valence-electron chi connectivity index (χ3n) is 4.09. The van der Waals surface area contributed by atoms with Crippen LogP contribution in [0.15, 0.2) is 48.5 Å². The van der Waals surface area contributed by atoms with E-state index in [-0.39, 0.29) is 12.3 Å². The molecule has 2 aromatic carbocycles. The van der Waals surface area contributed by atoms with Gasteiger partial charge < -0.3 is 4.90 Å². The van der Waals surface area contributed by atoms with Crippen molar-refractivity contribution in [1.82, 2.24) is 4.90 Å². The molecule has 0 radical (unpaired) electrons. The molecule has 1 aliphatic heterocycles. The number of alkyl halides is 3. The summed E-state index contributed by atoms with van der Waals surface area (Å²) in [5.41, 5.74) is 2.02. The number of carbonyl (C=O) groups is 1. The molecule has 0 aliphatic carbocycles. The van der Waals surface area contributed by atoms with E-state index in [0.717, 1.165) is 24.1 Å². The van der Waals surface area contributed by atoms with Gasteiger partial charge in [0.25, 0.3) is 0 Å². The number of nitrogens with zero attached hydrogens (tertiary/aromatic N) is 1. The number of halogens is 3. The van der Waals surface area contributed by atoms with Crippen molar-refractivity contribution in [3.63, 3.8) is 0 Å².